The molecule has 0 N–H and O–H groups in total. The monoisotopic (exact) mass is 480 g/mol. The van der Waals surface area contributed by atoms with Crippen LogP contribution in [-0.2, 0) is 12.7 Å². The Bertz CT molecular complexity index is 1340. The van der Waals surface area contributed by atoms with Crippen molar-refractivity contribution in [3.05, 3.63) is 72.1 Å². The molecule has 180 valence electrons. The van der Waals surface area contributed by atoms with Gasteiger partial charge in [0.25, 0.3) is 5.91 Å². The van der Waals surface area contributed by atoms with E-state index in [0.29, 0.717) is 60.8 Å². The molecule has 35 heavy (non-hydrogen) atoms. The van der Waals surface area contributed by atoms with Crippen molar-refractivity contribution in [3.63, 3.8) is 0 Å². The Labute approximate surface area is 199 Å². The van der Waals surface area contributed by atoms with Crippen LogP contribution in [0, 0.1) is 0 Å². The van der Waals surface area contributed by atoms with Crippen molar-refractivity contribution in [2.24, 2.45) is 0 Å². The molecule has 0 aliphatic carbocycles. The summed E-state index contributed by atoms with van der Waals surface area (Å²) in [6, 6.07) is 13.9. The third kappa shape index (κ3) is 4.43. The highest BCUT2D eigenvalue weighted by Crippen LogP contribution is 2.30. The number of halogens is 3. The third-order valence-corrected chi connectivity index (χ3v) is 6.17. The van der Waals surface area contributed by atoms with Gasteiger partial charge in [0.2, 0.25) is 0 Å². The summed E-state index contributed by atoms with van der Waals surface area (Å²) in [6.45, 7) is 4.39. The first-order chi connectivity index (χ1) is 16.8. The predicted octanol–water partition coefficient (Wildman–Crippen LogP) is 4.49. The number of rotatable bonds is 4. The van der Waals surface area contributed by atoms with Crippen LogP contribution in [0.25, 0.3) is 22.3 Å². The quantitative estimate of drug-likeness (QED) is 0.431. The molecular weight excluding hydrogens is 457 g/mol. The number of piperazine rings is 1. The van der Waals surface area contributed by atoms with Crippen molar-refractivity contribution in [2.45, 2.75) is 19.6 Å². The smallest absolute Gasteiger partial charge is 0.353 e. The lowest BCUT2D eigenvalue weighted by atomic mass is 10.1. The molecule has 1 amide bonds. The fourth-order valence-electron chi connectivity index (χ4n) is 4.26. The second-order valence-corrected chi connectivity index (χ2v) is 8.30. The minimum Gasteiger partial charge on any atom is -0.353 e. The second-order valence-electron chi connectivity index (χ2n) is 8.30. The van der Waals surface area contributed by atoms with Crippen molar-refractivity contribution in [3.8, 4) is 11.3 Å². The molecule has 7 nitrogen and oxygen atoms in total. The van der Waals surface area contributed by atoms with E-state index in [9.17, 15) is 18.0 Å². The summed E-state index contributed by atoms with van der Waals surface area (Å²) in [4.78, 5) is 26.0. The van der Waals surface area contributed by atoms with E-state index in [0.717, 1.165) is 17.8 Å². The maximum Gasteiger partial charge on any atom is 0.417 e. The van der Waals surface area contributed by atoms with E-state index in [2.05, 4.69) is 10.1 Å². The molecule has 1 aliphatic heterocycles. The fraction of sp³-hybridized carbons (Fsp3) is 0.280. The van der Waals surface area contributed by atoms with E-state index in [1.54, 1.807) is 15.8 Å². The fourth-order valence-corrected chi connectivity index (χ4v) is 4.26. The van der Waals surface area contributed by atoms with Crippen LogP contribution in [0.1, 0.15) is 22.8 Å². The predicted molar refractivity (Wildman–Crippen MR) is 126 cm³/mol. The Morgan fingerprint density at radius 3 is 2.37 bits per heavy atom. The van der Waals surface area contributed by atoms with Crippen LogP contribution in [0.5, 0.6) is 0 Å². The number of hydrogen-bond donors (Lipinski definition) is 0. The number of aryl methyl sites for hydroxylation is 1. The Balaban J connectivity index is 1.39. The standard InChI is InChI=1S/C25H23F3N6O/c1-2-34-23-20(16-30-34)19(14-21(31-23)17-6-4-3-5-7-17)24(35)33-12-10-32(11-13-33)22-9-8-18(15-29-22)25(26,27)28/h3-9,14-16H,2,10-13H2,1H3. The molecule has 0 saturated carbocycles. The number of carbonyl (C=O) groups is 1. The lowest BCUT2D eigenvalue weighted by Crippen LogP contribution is -2.49. The molecule has 4 aromatic rings. The molecule has 5 rings (SSSR count). The van der Waals surface area contributed by atoms with Crippen LogP contribution in [0.2, 0.25) is 0 Å². The van der Waals surface area contributed by atoms with Gasteiger partial charge >= 0.3 is 6.18 Å². The molecular formula is C25H23F3N6O. The summed E-state index contributed by atoms with van der Waals surface area (Å²) in [5.41, 5.74) is 2.02. The van der Waals surface area contributed by atoms with Crippen molar-refractivity contribution in [1.29, 1.82) is 0 Å². The molecule has 4 heterocycles. The highest BCUT2D eigenvalue weighted by molar-refractivity contribution is 6.06. The summed E-state index contributed by atoms with van der Waals surface area (Å²) in [7, 11) is 0. The minimum atomic E-state index is -4.42. The Morgan fingerprint density at radius 2 is 1.74 bits per heavy atom. The third-order valence-electron chi connectivity index (χ3n) is 6.17. The topological polar surface area (TPSA) is 67.2 Å². The molecule has 0 unspecified atom stereocenters. The van der Waals surface area contributed by atoms with Gasteiger partial charge in [0.1, 0.15) is 5.82 Å². The Kier molecular flexibility index (Phi) is 5.88. The number of hydrogen-bond acceptors (Lipinski definition) is 5. The Morgan fingerprint density at radius 1 is 1.00 bits per heavy atom. The van der Waals surface area contributed by atoms with Crippen LogP contribution in [0.3, 0.4) is 0 Å². The number of benzene rings is 1. The van der Waals surface area contributed by atoms with Gasteiger partial charge in [-0.05, 0) is 25.1 Å². The van der Waals surface area contributed by atoms with Gasteiger partial charge in [-0.2, -0.15) is 18.3 Å². The van der Waals surface area contributed by atoms with Gasteiger partial charge in [-0.15, -0.1) is 0 Å². The SMILES string of the molecule is CCn1ncc2c(C(=O)N3CCN(c4ccc(C(F)(F)F)cn4)CC3)cc(-c3ccccc3)nc21. The van der Waals surface area contributed by atoms with Gasteiger partial charge in [0, 0.05) is 44.5 Å². The maximum absolute atomic E-state index is 13.6. The van der Waals surface area contributed by atoms with E-state index in [1.807, 2.05) is 48.2 Å². The normalized spacial score (nSPS) is 14.5. The van der Waals surface area contributed by atoms with Gasteiger partial charge in [-0.3, -0.25) is 4.79 Å². The number of alkyl halides is 3. The van der Waals surface area contributed by atoms with E-state index < -0.39 is 11.7 Å². The molecule has 1 fully saturated rings. The van der Waals surface area contributed by atoms with Crippen molar-refractivity contribution in [2.75, 3.05) is 31.1 Å². The molecule has 0 radical (unpaired) electrons. The van der Waals surface area contributed by atoms with Crippen molar-refractivity contribution >= 4 is 22.8 Å². The summed E-state index contributed by atoms with van der Waals surface area (Å²) < 4.78 is 40.3. The maximum atomic E-state index is 13.6. The number of carbonyl (C=O) groups excluding carboxylic acids is 1. The van der Waals surface area contributed by atoms with Crippen LogP contribution in [-0.4, -0.2) is 56.7 Å². The van der Waals surface area contributed by atoms with Gasteiger partial charge in [0.05, 0.1) is 28.4 Å². The van der Waals surface area contributed by atoms with Crippen LogP contribution < -0.4 is 4.90 Å². The molecule has 1 saturated heterocycles. The van der Waals surface area contributed by atoms with Crippen molar-refractivity contribution < 1.29 is 18.0 Å². The number of anilines is 1. The molecule has 0 atom stereocenters. The average Bonchev–Trinajstić information content (AvgIpc) is 3.31. The zero-order chi connectivity index (χ0) is 24.6. The number of pyridine rings is 2. The second kappa shape index (κ2) is 9.01. The first-order valence-corrected chi connectivity index (χ1v) is 11.3. The molecule has 0 bridgehead atoms. The molecule has 1 aromatic carbocycles. The van der Waals surface area contributed by atoms with Crippen LogP contribution >= 0.6 is 0 Å². The highest BCUT2D eigenvalue weighted by atomic mass is 19.4. The van der Waals surface area contributed by atoms with Crippen LogP contribution in [0.15, 0.2) is 60.9 Å². The van der Waals surface area contributed by atoms with Crippen LogP contribution in [0.4, 0.5) is 19.0 Å². The van der Waals surface area contributed by atoms with E-state index >= 15 is 0 Å². The number of amides is 1. The summed E-state index contributed by atoms with van der Waals surface area (Å²) >= 11 is 0. The Hall–Kier alpha value is -3.95. The van der Waals surface area contributed by atoms with E-state index in [-0.39, 0.29) is 5.91 Å². The van der Waals surface area contributed by atoms with Gasteiger partial charge in [0.15, 0.2) is 5.65 Å². The number of nitrogens with zero attached hydrogens (tertiary/aromatic N) is 6. The van der Waals surface area contributed by atoms with Gasteiger partial charge in [-0.1, -0.05) is 30.3 Å². The largest absolute Gasteiger partial charge is 0.417 e. The zero-order valence-electron chi connectivity index (χ0n) is 19.0. The first-order valence-electron chi connectivity index (χ1n) is 11.3. The van der Waals surface area contributed by atoms with Crippen molar-refractivity contribution in [1.82, 2.24) is 24.6 Å². The van der Waals surface area contributed by atoms with Gasteiger partial charge < -0.3 is 9.80 Å². The molecule has 0 spiro atoms. The lowest BCUT2D eigenvalue weighted by molar-refractivity contribution is -0.137. The highest BCUT2D eigenvalue weighted by Gasteiger charge is 2.31. The molecule has 10 heteroatoms. The number of aromatic nitrogens is 4. The summed E-state index contributed by atoms with van der Waals surface area (Å²) in [6.07, 6.45) is -1.90. The zero-order valence-corrected chi connectivity index (χ0v) is 19.0. The molecule has 3 aromatic heterocycles. The summed E-state index contributed by atoms with van der Waals surface area (Å²) in [5, 5.41) is 5.10. The minimum absolute atomic E-state index is 0.120. The first kappa shape index (κ1) is 22.8. The summed E-state index contributed by atoms with van der Waals surface area (Å²) in [5.74, 6) is 0.345. The lowest BCUT2D eigenvalue weighted by Gasteiger charge is -2.35. The molecule has 1 aliphatic rings. The van der Waals surface area contributed by atoms with Gasteiger partial charge in [-0.25, -0.2) is 14.6 Å². The van der Waals surface area contributed by atoms with E-state index in [1.165, 1.54) is 6.07 Å². The average molecular weight is 480 g/mol. The van der Waals surface area contributed by atoms with E-state index in [4.69, 9.17) is 4.98 Å². The number of fused-ring (bicyclic) bond motifs is 1.